The number of carbonyl (C=O) groups is 1. The summed E-state index contributed by atoms with van der Waals surface area (Å²) in [6, 6.07) is 0. The Morgan fingerprint density at radius 1 is 0.696 bits per heavy atom. The highest BCUT2D eigenvalue weighted by Gasteiger charge is 2.23. The molecule has 23 heavy (non-hydrogen) atoms. The minimum atomic E-state index is -1.50. The number of carbonyl (C=O) groups excluding carboxylic acids is 1. The fourth-order valence-corrected chi connectivity index (χ4v) is 2.98. The van der Waals surface area contributed by atoms with Crippen molar-refractivity contribution in [3.8, 4) is 0 Å². The lowest BCUT2D eigenvalue weighted by Crippen LogP contribution is -2.34. The lowest BCUT2D eigenvalue weighted by Gasteiger charge is -2.17. The molecule has 0 saturated carbocycles. The van der Waals surface area contributed by atoms with Gasteiger partial charge in [-0.15, -0.1) is 0 Å². The number of unbranched alkanes of at least 4 members (excludes halogenated alkanes) is 14. The van der Waals surface area contributed by atoms with Crippen molar-refractivity contribution in [3.05, 3.63) is 0 Å². The molecule has 0 radical (unpaired) electrons. The van der Waals surface area contributed by atoms with Crippen LogP contribution in [0.4, 0.5) is 0 Å². The van der Waals surface area contributed by atoms with E-state index in [1.165, 1.54) is 77.0 Å². The molecule has 0 spiro atoms. The first kappa shape index (κ1) is 22.6. The Hall–Kier alpha value is -0.410. The summed E-state index contributed by atoms with van der Waals surface area (Å²) in [5, 5.41) is 18.5. The molecule has 0 aromatic heterocycles. The minimum Gasteiger partial charge on any atom is -0.393 e. The van der Waals surface area contributed by atoms with Crippen molar-refractivity contribution in [2.24, 2.45) is 0 Å². The van der Waals surface area contributed by atoms with Gasteiger partial charge in [0.15, 0.2) is 6.29 Å². The van der Waals surface area contributed by atoms with Crippen LogP contribution in [0.2, 0.25) is 0 Å². The van der Waals surface area contributed by atoms with Gasteiger partial charge >= 0.3 is 0 Å². The average molecular weight is 329 g/mol. The van der Waals surface area contributed by atoms with E-state index in [0.717, 1.165) is 19.3 Å². The van der Waals surface area contributed by atoms with Crippen molar-refractivity contribution in [1.82, 2.24) is 0 Å². The number of hydrogen-bond donors (Lipinski definition) is 2. The van der Waals surface area contributed by atoms with Gasteiger partial charge in [0.05, 0.1) is 6.61 Å². The van der Waals surface area contributed by atoms with Crippen molar-refractivity contribution in [2.45, 2.75) is 115 Å². The van der Waals surface area contributed by atoms with Gasteiger partial charge in [-0.1, -0.05) is 103 Å². The number of aldehydes is 1. The summed E-state index contributed by atoms with van der Waals surface area (Å²) in [5.41, 5.74) is -1.50. The van der Waals surface area contributed by atoms with E-state index in [4.69, 9.17) is 5.11 Å². The lowest BCUT2D eigenvalue weighted by molar-refractivity contribution is -0.128. The molecular weight excluding hydrogens is 288 g/mol. The summed E-state index contributed by atoms with van der Waals surface area (Å²) in [6.07, 6.45) is 20.3. The zero-order valence-corrected chi connectivity index (χ0v) is 15.4. The smallest absolute Gasteiger partial charge is 0.153 e. The zero-order chi connectivity index (χ0) is 17.2. The highest BCUT2D eigenvalue weighted by atomic mass is 16.3. The van der Waals surface area contributed by atoms with Crippen LogP contribution in [0.25, 0.3) is 0 Å². The highest BCUT2D eigenvalue weighted by molar-refractivity contribution is 5.62. The van der Waals surface area contributed by atoms with Crippen LogP contribution in [0.15, 0.2) is 0 Å². The largest absolute Gasteiger partial charge is 0.393 e. The Bertz CT molecular complexity index is 255. The predicted molar refractivity (Wildman–Crippen MR) is 97.6 cm³/mol. The first-order valence-corrected chi connectivity index (χ1v) is 9.98. The molecule has 0 aromatic rings. The molecule has 3 nitrogen and oxygen atoms in total. The van der Waals surface area contributed by atoms with Gasteiger partial charge in [0.1, 0.15) is 5.60 Å². The Morgan fingerprint density at radius 2 is 1.04 bits per heavy atom. The second-order valence-electron chi connectivity index (χ2n) is 7.08. The van der Waals surface area contributed by atoms with E-state index in [9.17, 15) is 9.90 Å². The fraction of sp³-hybridized carbons (Fsp3) is 0.950. The summed E-state index contributed by atoms with van der Waals surface area (Å²) in [5.74, 6) is 0. The molecule has 0 rings (SSSR count). The molecule has 0 aliphatic carbocycles. The summed E-state index contributed by atoms with van der Waals surface area (Å²) < 4.78 is 0. The van der Waals surface area contributed by atoms with Crippen LogP contribution >= 0.6 is 0 Å². The van der Waals surface area contributed by atoms with Crippen molar-refractivity contribution >= 4 is 6.29 Å². The Kier molecular flexibility index (Phi) is 16.2. The van der Waals surface area contributed by atoms with Gasteiger partial charge in [0.25, 0.3) is 0 Å². The van der Waals surface area contributed by atoms with Gasteiger partial charge < -0.3 is 15.0 Å². The zero-order valence-electron chi connectivity index (χ0n) is 15.4. The third kappa shape index (κ3) is 14.9. The minimum absolute atomic E-state index is 0.380. The number of hydrogen-bond acceptors (Lipinski definition) is 3. The molecule has 0 aliphatic rings. The van der Waals surface area contributed by atoms with Crippen LogP contribution in [-0.2, 0) is 4.79 Å². The summed E-state index contributed by atoms with van der Waals surface area (Å²) in [4.78, 5) is 10.6. The monoisotopic (exact) mass is 328 g/mol. The van der Waals surface area contributed by atoms with Gasteiger partial charge in [-0.2, -0.15) is 0 Å². The van der Waals surface area contributed by atoms with Gasteiger partial charge in [0, 0.05) is 0 Å². The van der Waals surface area contributed by atoms with Crippen LogP contribution in [0.3, 0.4) is 0 Å². The van der Waals surface area contributed by atoms with Crippen LogP contribution in [0.1, 0.15) is 110 Å². The summed E-state index contributed by atoms with van der Waals surface area (Å²) in [6.45, 7) is 1.80. The van der Waals surface area contributed by atoms with E-state index in [2.05, 4.69) is 6.92 Å². The van der Waals surface area contributed by atoms with Crippen molar-refractivity contribution in [1.29, 1.82) is 0 Å². The molecule has 0 bridgehead atoms. The van der Waals surface area contributed by atoms with Gasteiger partial charge in [-0.25, -0.2) is 0 Å². The number of aliphatic hydroxyl groups excluding tert-OH is 1. The standard InChI is InChI=1S/C20H40O3/c1-2-3-4-5-6-7-8-9-10-11-12-13-14-15-16-17-20(23,18-21)19-22/h18,22-23H,2-17,19H2,1H3. The average Bonchev–Trinajstić information content (AvgIpc) is 2.58. The molecule has 0 heterocycles. The maximum atomic E-state index is 10.6. The van der Waals surface area contributed by atoms with Gasteiger partial charge in [-0.05, 0) is 6.42 Å². The Labute approximate surface area is 143 Å². The van der Waals surface area contributed by atoms with E-state index >= 15 is 0 Å². The van der Waals surface area contributed by atoms with Gasteiger partial charge in [-0.3, -0.25) is 0 Å². The SMILES string of the molecule is CCCCCCCCCCCCCCCCCC(O)(C=O)CO. The second kappa shape index (κ2) is 16.4. The maximum Gasteiger partial charge on any atom is 0.153 e. The predicted octanol–water partition coefficient (Wildman–Crippen LogP) is 5.17. The molecule has 0 amide bonds. The molecule has 0 fully saturated rings. The summed E-state index contributed by atoms with van der Waals surface area (Å²) >= 11 is 0. The summed E-state index contributed by atoms with van der Waals surface area (Å²) in [7, 11) is 0. The first-order valence-electron chi connectivity index (χ1n) is 9.98. The molecule has 3 heteroatoms. The van der Waals surface area contributed by atoms with Crippen LogP contribution in [0.5, 0.6) is 0 Å². The maximum absolute atomic E-state index is 10.6. The van der Waals surface area contributed by atoms with Crippen molar-refractivity contribution in [3.63, 3.8) is 0 Å². The molecule has 0 aliphatic heterocycles. The second-order valence-corrected chi connectivity index (χ2v) is 7.08. The van der Waals surface area contributed by atoms with Crippen molar-refractivity contribution in [2.75, 3.05) is 6.61 Å². The Morgan fingerprint density at radius 3 is 1.35 bits per heavy atom. The first-order chi connectivity index (χ1) is 11.2. The van der Waals surface area contributed by atoms with E-state index in [0.29, 0.717) is 12.7 Å². The van der Waals surface area contributed by atoms with Gasteiger partial charge in [0.2, 0.25) is 0 Å². The lowest BCUT2D eigenvalue weighted by atomic mass is 9.98. The number of rotatable bonds is 18. The molecule has 1 unspecified atom stereocenters. The molecular formula is C20H40O3. The van der Waals surface area contributed by atoms with Crippen LogP contribution < -0.4 is 0 Å². The molecule has 0 aromatic carbocycles. The van der Waals surface area contributed by atoms with E-state index in [1.807, 2.05) is 0 Å². The topological polar surface area (TPSA) is 57.5 Å². The molecule has 1 atom stereocenters. The van der Waals surface area contributed by atoms with Crippen molar-refractivity contribution < 1.29 is 15.0 Å². The highest BCUT2D eigenvalue weighted by Crippen LogP contribution is 2.16. The Balaban J connectivity index is 3.15. The third-order valence-corrected chi connectivity index (χ3v) is 4.71. The normalized spacial score (nSPS) is 13.9. The molecule has 138 valence electrons. The fourth-order valence-electron chi connectivity index (χ4n) is 2.98. The van der Waals surface area contributed by atoms with E-state index < -0.39 is 12.2 Å². The molecule has 0 saturated heterocycles. The number of aliphatic hydroxyl groups is 2. The van der Waals surface area contributed by atoms with Crippen LogP contribution in [0, 0.1) is 0 Å². The van der Waals surface area contributed by atoms with E-state index in [-0.39, 0.29) is 0 Å². The third-order valence-electron chi connectivity index (χ3n) is 4.71. The van der Waals surface area contributed by atoms with E-state index in [1.54, 1.807) is 0 Å². The van der Waals surface area contributed by atoms with Crippen LogP contribution in [-0.4, -0.2) is 28.7 Å². The molecule has 2 N–H and O–H groups in total. The quantitative estimate of drug-likeness (QED) is 0.269.